The van der Waals surface area contributed by atoms with Gasteiger partial charge >= 0.3 is 0 Å². The predicted molar refractivity (Wildman–Crippen MR) is 150 cm³/mol. The zero-order chi connectivity index (χ0) is 25.4. The van der Waals surface area contributed by atoms with E-state index in [4.69, 9.17) is 13.2 Å². The average Bonchev–Trinajstić information content (AvgIpc) is 2.69. The normalized spacial score (nSPS) is 31.0. The van der Waals surface area contributed by atoms with Crippen LogP contribution in [0.2, 0.25) is 0 Å². The summed E-state index contributed by atoms with van der Waals surface area (Å²) in [6, 6.07) is 4.73. The Hall–Kier alpha value is -2.08. The Morgan fingerprint density at radius 3 is 2.26 bits per heavy atom. The van der Waals surface area contributed by atoms with Crippen LogP contribution >= 0.6 is 0 Å². The molecule has 0 fully saturated rings. The second-order valence-corrected chi connectivity index (χ2v) is 13.0. The summed E-state index contributed by atoms with van der Waals surface area (Å²) in [7, 11) is 0. The first-order valence-corrected chi connectivity index (χ1v) is 13.3. The number of hydrogen-bond donors (Lipinski definition) is 0. The van der Waals surface area contributed by atoms with Crippen LogP contribution in [0.4, 0.5) is 0 Å². The van der Waals surface area contributed by atoms with Gasteiger partial charge in [0.05, 0.1) is 0 Å². The van der Waals surface area contributed by atoms with Crippen LogP contribution in [0.3, 0.4) is 0 Å². The Bertz CT molecular complexity index is 1180. The third-order valence-electron chi connectivity index (χ3n) is 9.91. The van der Waals surface area contributed by atoms with E-state index in [1.165, 1.54) is 57.4 Å². The van der Waals surface area contributed by atoms with Gasteiger partial charge in [-0.2, -0.15) is 0 Å². The Kier molecular flexibility index (Phi) is 5.87. The summed E-state index contributed by atoms with van der Waals surface area (Å²) < 4.78 is 0. The molecule has 0 saturated carbocycles. The van der Waals surface area contributed by atoms with E-state index in [0.29, 0.717) is 0 Å². The van der Waals surface area contributed by atoms with Gasteiger partial charge in [-0.1, -0.05) is 83.2 Å². The molecular formula is C34H46. The standard InChI is InChI=1S/C34H46/c1-20(2)13-15-27-16-14-22(5)30-24(7)31-26(9)34(12)25(8)29(21(3)4)23(6)17-33(34,11)19-32(31,10)18-28(27)30/h14,16,20H,3,7-8,13,15,17-19H2,1-2,4-6,9-12H3/t32-,33+,34-/m1/s1. The number of allylic oxidation sites excluding steroid dienone is 7. The van der Waals surface area contributed by atoms with Gasteiger partial charge in [0.1, 0.15) is 0 Å². The number of aryl methyl sites for hydroxylation is 2. The molecule has 0 aromatic heterocycles. The highest BCUT2D eigenvalue weighted by molar-refractivity contribution is 5.87. The molecule has 0 amide bonds. The van der Waals surface area contributed by atoms with Crippen LogP contribution in [0.25, 0.3) is 5.57 Å². The topological polar surface area (TPSA) is 0 Å². The van der Waals surface area contributed by atoms with Crippen LogP contribution in [0, 0.1) is 29.1 Å². The molecule has 0 bridgehead atoms. The Labute approximate surface area is 209 Å². The van der Waals surface area contributed by atoms with Gasteiger partial charge in [0.15, 0.2) is 0 Å². The minimum Gasteiger partial charge on any atom is -0.0955 e. The van der Waals surface area contributed by atoms with Gasteiger partial charge in [-0.05, 0) is 121 Å². The van der Waals surface area contributed by atoms with Crippen LogP contribution in [-0.4, -0.2) is 0 Å². The lowest BCUT2D eigenvalue weighted by Crippen LogP contribution is -2.52. The van der Waals surface area contributed by atoms with E-state index in [1.54, 1.807) is 11.1 Å². The van der Waals surface area contributed by atoms with Crippen LogP contribution < -0.4 is 0 Å². The zero-order valence-corrected chi connectivity index (χ0v) is 23.4. The van der Waals surface area contributed by atoms with E-state index >= 15 is 0 Å². The van der Waals surface area contributed by atoms with E-state index in [1.807, 2.05) is 0 Å². The van der Waals surface area contributed by atoms with Crippen molar-refractivity contribution in [2.45, 2.75) is 94.4 Å². The number of fused-ring (bicyclic) bond motifs is 3. The summed E-state index contributed by atoms with van der Waals surface area (Å²) in [4.78, 5) is 0. The van der Waals surface area contributed by atoms with Crippen molar-refractivity contribution in [1.29, 1.82) is 0 Å². The van der Waals surface area contributed by atoms with Crippen LogP contribution in [0.1, 0.15) is 96.9 Å². The lowest BCUT2D eigenvalue weighted by atomic mass is 9.41. The molecule has 1 aromatic carbocycles. The molecule has 3 atom stereocenters. The van der Waals surface area contributed by atoms with E-state index in [-0.39, 0.29) is 16.2 Å². The van der Waals surface area contributed by atoms with Crippen molar-refractivity contribution in [2.75, 3.05) is 0 Å². The molecule has 182 valence electrons. The summed E-state index contributed by atoms with van der Waals surface area (Å²) in [6.45, 7) is 35.2. The average molecular weight is 455 g/mol. The molecular weight excluding hydrogens is 408 g/mol. The summed E-state index contributed by atoms with van der Waals surface area (Å²) >= 11 is 0. The molecule has 0 heteroatoms. The maximum atomic E-state index is 4.80. The number of benzene rings is 1. The minimum absolute atomic E-state index is 0.0841. The molecule has 0 heterocycles. The predicted octanol–water partition coefficient (Wildman–Crippen LogP) is 9.74. The highest BCUT2D eigenvalue weighted by Crippen LogP contribution is 2.70. The monoisotopic (exact) mass is 454 g/mol. The smallest absolute Gasteiger partial charge is 0.0194 e. The maximum Gasteiger partial charge on any atom is 0.0194 e. The van der Waals surface area contributed by atoms with Crippen molar-refractivity contribution >= 4 is 5.57 Å². The van der Waals surface area contributed by atoms with E-state index in [0.717, 1.165) is 30.8 Å². The Morgan fingerprint density at radius 1 is 1.03 bits per heavy atom. The van der Waals surface area contributed by atoms with E-state index in [2.05, 4.69) is 81.0 Å². The second-order valence-electron chi connectivity index (χ2n) is 13.0. The van der Waals surface area contributed by atoms with Crippen molar-refractivity contribution in [1.82, 2.24) is 0 Å². The lowest BCUT2D eigenvalue weighted by Gasteiger charge is -2.62. The van der Waals surface area contributed by atoms with Crippen molar-refractivity contribution in [2.24, 2.45) is 22.2 Å². The minimum atomic E-state index is -0.0841. The van der Waals surface area contributed by atoms with Gasteiger partial charge < -0.3 is 0 Å². The maximum absolute atomic E-state index is 4.80. The van der Waals surface area contributed by atoms with Gasteiger partial charge in [0.2, 0.25) is 0 Å². The van der Waals surface area contributed by atoms with Gasteiger partial charge in [-0.3, -0.25) is 0 Å². The Balaban J connectivity index is 1.95. The van der Waals surface area contributed by atoms with Crippen molar-refractivity contribution in [3.63, 3.8) is 0 Å². The molecule has 0 N–H and O–H groups in total. The molecule has 0 nitrogen and oxygen atoms in total. The van der Waals surface area contributed by atoms with E-state index in [9.17, 15) is 0 Å². The molecule has 4 rings (SSSR count). The second kappa shape index (κ2) is 7.97. The third kappa shape index (κ3) is 3.31. The van der Waals surface area contributed by atoms with Crippen molar-refractivity contribution in [3.05, 3.63) is 87.6 Å². The summed E-state index contributed by atoms with van der Waals surface area (Å²) in [5, 5.41) is 0. The first-order chi connectivity index (χ1) is 15.7. The highest BCUT2D eigenvalue weighted by Gasteiger charge is 2.59. The van der Waals surface area contributed by atoms with Crippen LogP contribution in [-0.2, 0) is 12.8 Å². The largest absolute Gasteiger partial charge is 0.0955 e. The third-order valence-corrected chi connectivity index (χ3v) is 9.91. The molecule has 0 saturated heterocycles. The summed E-state index contributed by atoms with van der Waals surface area (Å²) in [5.41, 5.74) is 15.5. The summed E-state index contributed by atoms with van der Waals surface area (Å²) in [5.74, 6) is 0.719. The fourth-order valence-corrected chi connectivity index (χ4v) is 8.28. The van der Waals surface area contributed by atoms with Gasteiger partial charge in [0, 0.05) is 5.41 Å². The van der Waals surface area contributed by atoms with Crippen LogP contribution in [0.15, 0.2) is 65.3 Å². The highest BCUT2D eigenvalue weighted by atomic mass is 14.6. The van der Waals surface area contributed by atoms with Gasteiger partial charge in [-0.25, -0.2) is 0 Å². The van der Waals surface area contributed by atoms with Gasteiger partial charge in [-0.15, -0.1) is 0 Å². The fraction of sp³-hybridized carbons (Fsp3) is 0.529. The summed E-state index contributed by atoms with van der Waals surface area (Å²) in [6.07, 6.45) is 5.80. The first-order valence-electron chi connectivity index (χ1n) is 13.3. The first kappa shape index (κ1) is 25.0. The molecule has 1 aromatic rings. The molecule has 0 radical (unpaired) electrons. The molecule has 3 aliphatic carbocycles. The van der Waals surface area contributed by atoms with Gasteiger partial charge in [0.25, 0.3) is 0 Å². The fourth-order valence-electron chi connectivity index (χ4n) is 8.28. The quantitative estimate of drug-likeness (QED) is 0.424. The molecule has 0 aliphatic heterocycles. The number of rotatable bonds is 4. The molecule has 0 spiro atoms. The van der Waals surface area contributed by atoms with Crippen molar-refractivity contribution < 1.29 is 0 Å². The Morgan fingerprint density at radius 2 is 1.68 bits per heavy atom. The number of hydrogen-bond acceptors (Lipinski definition) is 0. The van der Waals surface area contributed by atoms with Crippen molar-refractivity contribution in [3.8, 4) is 0 Å². The lowest BCUT2D eigenvalue weighted by molar-refractivity contribution is 0.0543. The zero-order valence-electron chi connectivity index (χ0n) is 23.4. The van der Waals surface area contributed by atoms with Crippen LogP contribution in [0.5, 0.6) is 0 Å². The molecule has 0 unspecified atom stereocenters. The molecule has 3 aliphatic rings. The SMILES string of the molecule is C=C(C)C1=C(C)C[C@@]2(C)C[C@@]3(C)Cc4c(CCC(C)C)ccc(C)c4C(=C)C3=C(C)[C@@]2(C)C1=C. The van der Waals surface area contributed by atoms with E-state index < -0.39 is 0 Å². The molecule has 34 heavy (non-hydrogen) atoms.